The van der Waals surface area contributed by atoms with E-state index in [1.54, 1.807) is 0 Å². The van der Waals surface area contributed by atoms with Gasteiger partial charge in [0.2, 0.25) is 0 Å². The second-order valence-electron chi connectivity index (χ2n) is 6.75. The number of rotatable bonds is 4. The van der Waals surface area contributed by atoms with Crippen molar-refractivity contribution in [1.29, 1.82) is 0 Å². The minimum absolute atomic E-state index is 1.43. The Hall–Kier alpha value is -1.83. The molecule has 0 atom stereocenters. The summed E-state index contributed by atoms with van der Waals surface area (Å²) in [5, 5.41) is 2.87. The van der Waals surface area contributed by atoms with Gasteiger partial charge in [-0.25, -0.2) is 0 Å². The van der Waals surface area contributed by atoms with Gasteiger partial charge in [-0.3, -0.25) is 0 Å². The van der Waals surface area contributed by atoms with Crippen molar-refractivity contribution in [3.8, 4) is 0 Å². The molecule has 0 saturated carbocycles. The molecule has 112 valence electrons. The maximum Gasteiger partial charge on any atom is 0.113 e. The van der Waals surface area contributed by atoms with Gasteiger partial charge in [0.1, 0.15) is 16.1 Å². The Labute approximate surface area is 136 Å². The zero-order chi connectivity index (χ0) is 16.1. The zero-order valence-corrected chi connectivity index (χ0v) is 15.9. The van der Waals surface area contributed by atoms with Crippen LogP contribution in [0, 0.1) is 0 Å². The summed E-state index contributed by atoms with van der Waals surface area (Å²) in [6.07, 6.45) is 0. The zero-order valence-electron chi connectivity index (χ0n) is 13.9. The van der Waals surface area contributed by atoms with Crippen LogP contribution in [0.2, 0.25) is 26.2 Å². The third kappa shape index (κ3) is 4.33. The lowest BCUT2D eigenvalue weighted by Crippen LogP contribution is -2.39. The monoisotopic (exact) mass is 320 g/mol. The maximum absolute atomic E-state index is 3.32. The molecule has 22 heavy (non-hydrogen) atoms. The van der Waals surface area contributed by atoms with Crippen LogP contribution in [-0.2, 0) is 0 Å². The quantitative estimate of drug-likeness (QED) is 0.586. The smallest absolute Gasteiger partial charge is 0.0793 e. The molecule has 2 rings (SSSR count). The van der Waals surface area contributed by atoms with Crippen LogP contribution in [-0.4, -0.2) is 16.1 Å². The molecule has 0 aliphatic rings. The van der Waals surface area contributed by atoms with E-state index < -0.39 is 16.1 Å². The first-order valence-corrected chi connectivity index (χ1v) is 13.9. The van der Waals surface area contributed by atoms with E-state index in [1.807, 2.05) is 0 Å². The summed E-state index contributed by atoms with van der Waals surface area (Å²) in [6.45, 7) is 9.38. The molecule has 2 aromatic carbocycles. The maximum atomic E-state index is 3.32. The first kappa shape index (κ1) is 16.5. The van der Waals surface area contributed by atoms with E-state index in [2.05, 4.69) is 110 Å². The highest BCUT2D eigenvalue weighted by Crippen LogP contribution is 2.05. The largest absolute Gasteiger partial charge is 0.113 e. The van der Waals surface area contributed by atoms with Gasteiger partial charge in [-0.15, -0.1) is 0 Å². The van der Waals surface area contributed by atoms with E-state index >= 15 is 0 Å². The van der Waals surface area contributed by atoms with Crippen LogP contribution in [0.4, 0.5) is 0 Å². The SMILES string of the molecule is C[Si](C)(C=C=C=C[Si](C)(C)c1ccccc1)c1ccccc1. The van der Waals surface area contributed by atoms with E-state index in [4.69, 9.17) is 0 Å². The highest BCUT2D eigenvalue weighted by Gasteiger charge is 2.20. The molecule has 0 amide bonds. The minimum Gasteiger partial charge on any atom is -0.0793 e. The van der Waals surface area contributed by atoms with Gasteiger partial charge in [0.25, 0.3) is 0 Å². The van der Waals surface area contributed by atoms with Crippen molar-refractivity contribution in [3.63, 3.8) is 0 Å². The van der Waals surface area contributed by atoms with Gasteiger partial charge in [-0.05, 0) is 11.4 Å². The van der Waals surface area contributed by atoms with Crippen molar-refractivity contribution in [2.45, 2.75) is 26.2 Å². The van der Waals surface area contributed by atoms with E-state index in [-0.39, 0.29) is 0 Å². The third-order valence-electron chi connectivity index (χ3n) is 3.98. The summed E-state index contributed by atoms with van der Waals surface area (Å²) in [5.74, 6) is 0. The molecule has 0 nitrogen and oxygen atoms in total. The van der Waals surface area contributed by atoms with Gasteiger partial charge in [-0.2, -0.15) is 0 Å². The summed E-state index contributed by atoms with van der Waals surface area (Å²) in [7, 11) is -3.12. The Morgan fingerprint density at radius 2 is 0.909 bits per heavy atom. The Kier molecular flexibility index (Phi) is 5.23. The average molecular weight is 321 g/mol. The van der Waals surface area contributed by atoms with Gasteiger partial charge in [0.15, 0.2) is 0 Å². The summed E-state index contributed by atoms with van der Waals surface area (Å²) in [6, 6.07) is 21.5. The molecule has 0 N–H and O–H groups in total. The van der Waals surface area contributed by atoms with Crippen molar-refractivity contribution < 1.29 is 0 Å². The lowest BCUT2D eigenvalue weighted by atomic mass is 10.4. The molecule has 0 saturated heterocycles. The molecule has 2 aromatic rings. The van der Waals surface area contributed by atoms with Gasteiger partial charge in [0.05, 0.1) is 0 Å². The number of hydrogen-bond acceptors (Lipinski definition) is 0. The molecule has 0 spiro atoms. The van der Waals surface area contributed by atoms with E-state index in [0.717, 1.165) is 0 Å². The normalized spacial score (nSPS) is 11.3. The molecule has 0 aromatic heterocycles. The van der Waals surface area contributed by atoms with Crippen molar-refractivity contribution in [2.75, 3.05) is 0 Å². The summed E-state index contributed by atoms with van der Waals surface area (Å²) >= 11 is 0. The van der Waals surface area contributed by atoms with Crippen molar-refractivity contribution in [1.82, 2.24) is 0 Å². The average Bonchev–Trinajstić information content (AvgIpc) is 2.53. The summed E-state index contributed by atoms with van der Waals surface area (Å²) in [5.41, 5.74) is 11.1. The lowest BCUT2D eigenvalue weighted by Gasteiger charge is -2.17. The third-order valence-corrected chi connectivity index (χ3v) is 9.36. The van der Waals surface area contributed by atoms with Crippen LogP contribution < -0.4 is 10.4 Å². The Balaban J connectivity index is 2.23. The lowest BCUT2D eigenvalue weighted by molar-refractivity contribution is 1.70. The van der Waals surface area contributed by atoms with Gasteiger partial charge in [-0.1, -0.05) is 109 Å². The number of hydrogen-bond donors (Lipinski definition) is 0. The second-order valence-corrected chi connectivity index (χ2v) is 15.4. The second kappa shape index (κ2) is 6.96. The van der Waals surface area contributed by atoms with E-state index in [0.29, 0.717) is 0 Å². The Morgan fingerprint density at radius 3 is 1.23 bits per heavy atom. The molecule has 0 fully saturated rings. The van der Waals surface area contributed by atoms with Gasteiger partial charge >= 0.3 is 0 Å². The molecule has 0 aliphatic carbocycles. The minimum atomic E-state index is -1.56. The molecule has 0 radical (unpaired) electrons. The van der Waals surface area contributed by atoms with Crippen LogP contribution in [0.1, 0.15) is 0 Å². The molecule has 0 aliphatic heterocycles. The van der Waals surface area contributed by atoms with Crippen molar-refractivity contribution in [2.24, 2.45) is 0 Å². The molecule has 0 unspecified atom stereocenters. The van der Waals surface area contributed by atoms with E-state index in [1.165, 1.54) is 10.4 Å². The molecular formula is C20H24Si2. The standard InChI is InChI=1S/C20H24Si2/c1-21(2,19-13-7-5-8-14-19)17-11-12-18-22(3,4)20-15-9-6-10-16-20/h5-10,13-18H,1-4H3. The summed E-state index contributed by atoms with van der Waals surface area (Å²) < 4.78 is 0. The highest BCUT2D eigenvalue weighted by atomic mass is 28.3. The molecular weight excluding hydrogens is 296 g/mol. The topological polar surface area (TPSA) is 0 Å². The first-order chi connectivity index (χ1) is 10.4. The predicted octanol–water partition coefficient (Wildman–Crippen LogP) is 4.16. The van der Waals surface area contributed by atoms with Crippen LogP contribution in [0.3, 0.4) is 0 Å². The van der Waals surface area contributed by atoms with Crippen molar-refractivity contribution in [3.05, 3.63) is 83.5 Å². The molecule has 0 heterocycles. The predicted molar refractivity (Wildman–Crippen MR) is 103 cm³/mol. The first-order valence-electron chi connectivity index (χ1n) is 7.73. The molecule has 2 heteroatoms. The van der Waals surface area contributed by atoms with Crippen LogP contribution in [0.5, 0.6) is 0 Å². The molecule has 0 bridgehead atoms. The van der Waals surface area contributed by atoms with Gasteiger partial charge in [0, 0.05) is 0 Å². The fourth-order valence-corrected chi connectivity index (χ4v) is 5.67. The van der Waals surface area contributed by atoms with E-state index in [9.17, 15) is 0 Å². The van der Waals surface area contributed by atoms with Crippen LogP contribution in [0.15, 0.2) is 83.5 Å². The highest BCUT2D eigenvalue weighted by molar-refractivity contribution is 6.94. The fourth-order valence-electron chi connectivity index (χ4n) is 2.35. The van der Waals surface area contributed by atoms with Crippen molar-refractivity contribution >= 4 is 26.5 Å². The number of benzene rings is 2. The summed E-state index contributed by atoms with van der Waals surface area (Å²) in [4.78, 5) is 0. The van der Waals surface area contributed by atoms with Crippen LogP contribution >= 0.6 is 0 Å². The Bertz CT molecular complexity index is 636. The van der Waals surface area contributed by atoms with Gasteiger partial charge < -0.3 is 0 Å². The van der Waals surface area contributed by atoms with Crippen LogP contribution in [0.25, 0.3) is 0 Å². The fraction of sp³-hybridized carbons (Fsp3) is 0.200. The Morgan fingerprint density at radius 1 is 0.591 bits per heavy atom.